The molecule has 3 N–H and O–H groups in total. The zero-order chi connectivity index (χ0) is 23.3. The molecule has 0 aromatic rings. The Kier molecular flexibility index (Phi) is 8.70. The molecule has 7 heteroatoms. The number of aliphatic carboxylic acids is 1. The van der Waals surface area contributed by atoms with E-state index in [9.17, 15) is 24.9 Å². The third-order valence-electron chi connectivity index (χ3n) is 10.8. The number of hydrogen-bond donors (Lipinski definition) is 3. The number of nitrogens with one attached hydrogen (secondary N) is 1. The fourth-order valence-electron chi connectivity index (χ4n) is 8.98. The van der Waals surface area contributed by atoms with Crippen molar-refractivity contribution in [2.45, 2.75) is 97.2 Å². The van der Waals surface area contributed by atoms with Gasteiger partial charge in [0.1, 0.15) is 0 Å². The normalized spacial score (nSPS) is 45.1. The summed E-state index contributed by atoms with van der Waals surface area (Å²) in [4.78, 5) is 22.6. The summed E-state index contributed by atoms with van der Waals surface area (Å²) in [6, 6.07) is 0. The first-order valence-corrected chi connectivity index (χ1v) is 12.9. The van der Waals surface area contributed by atoms with Gasteiger partial charge in [0, 0.05) is 6.42 Å². The van der Waals surface area contributed by atoms with Crippen molar-refractivity contribution < 1.29 is 54.5 Å². The van der Waals surface area contributed by atoms with Gasteiger partial charge in [-0.15, -0.1) is 0 Å². The van der Waals surface area contributed by atoms with Gasteiger partial charge < -0.3 is 25.4 Å². The van der Waals surface area contributed by atoms with Crippen LogP contribution in [-0.2, 0) is 9.59 Å². The minimum atomic E-state index is -1.27. The molecule has 0 saturated heterocycles. The molecule has 0 aromatic heterocycles. The number of carboxylic acid groups (broad SMARTS) is 1. The number of carboxylic acids is 1. The summed E-state index contributed by atoms with van der Waals surface area (Å²) in [7, 11) is 0. The van der Waals surface area contributed by atoms with Gasteiger partial charge in [0.25, 0.3) is 0 Å². The summed E-state index contributed by atoms with van der Waals surface area (Å²) in [6.07, 6.45) is 9.01. The summed E-state index contributed by atoms with van der Waals surface area (Å²) in [5.41, 5.74) is 0.130. The average molecular weight is 472 g/mol. The number of amides is 1. The van der Waals surface area contributed by atoms with E-state index >= 15 is 0 Å². The first-order valence-electron chi connectivity index (χ1n) is 12.9. The van der Waals surface area contributed by atoms with Crippen LogP contribution in [0.1, 0.15) is 85.0 Å². The van der Waals surface area contributed by atoms with Crippen LogP contribution in [0.5, 0.6) is 0 Å². The zero-order valence-electron chi connectivity index (χ0n) is 21.0. The quantitative estimate of drug-likeness (QED) is 0.442. The van der Waals surface area contributed by atoms with Gasteiger partial charge in [-0.1, -0.05) is 20.8 Å². The second kappa shape index (κ2) is 10.5. The number of carbonyl (C=O) groups excluding carboxylic acids is 2. The minimum absolute atomic E-state index is 0. The number of aliphatic hydroxyl groups is 2. The molecule has 4 saturated carbocycles. The molecule has 0 heterocycles. The van der Waals surface area contributed by atoms with Gasteiger partial charge in [0.15, 0.2) is 0 Å². The van der Waals surface area contributed by atoms with Crippen LogP contribution in [0.3, 0.4) is 0 Å². The van der Waals surface area contributed by atoms with E-state index in [0.29, 0.717) is 48.3 Å². The van der Waals surface area contributed by atoms with Crippen molar-refractivity contribution in [1.82, 2.24) is 5.32 Å². The van der Waals surface area contributed by atoms with Crippen LogP contribution < -0.4 is 40.0 Å². The second-order valence-electron chi connectivity index (χ2n) is 12.1. The van der Waals surface area contributed by atoms with E-state index in [0.717, 1.165) is 38.5 Å². The maximum absolute atomic E-state index is 12.0. The molecule has 4 aliphatic rings. The Morgan fingerprint density at radius 3 is 2.48 bits per heavy atom. The van der Waals surface area contributed by atoms with Gasteiger partial charge in [-0.05, 0) is 104 Å². The molecule has 10 atom stereocenters. The van der Waals surface area contributed by atoms with E-state index in [2.05, 4.69) is 26.1 Å². The Labute approximate surface area is 221 Å². The maximum atomic E-state index is 12.0. The topological polar surface area (TPSA) is 110 Å². The van der Waals surface area contributed by atoms with Crippen LogP contribution in [0, 0.1) is 46.3 Å². The zero-order valence-corrected chi connectivity index (χ0v) is 23.0. The third kappa shape index (κ3) is 4.94. The van der Waals surface area contributed by atoms with Crippen molar-refractivity contribution in [1.29, 1.82) is 0 Å². The Morgan fingerprint density at radius 1 is 1.06 bits per heavy atom. The third-order valence-corrected chi connectivity index (χ3v) is 10.8. The van der Waals surface area contributed by atoms with Crippen LogP contribution >= 0.6 is 0 Å². The number of carbonyl (C=O) groups is 2. The Hall–Kier alpha value is -0.140. The molecule has 1 amide bonds. The fourth-order valence-corrected chi connectivity index (χ4v) is 8.98. The van der Waals surface area contributed by atoms with Gasteiger partial charge in [0.2, 0.25) is 5.91 Å². The summed E-state index contributed by atoms with van der Waals surface area (Å²) in [5.74, 6) is 1.50. The summed E-state index contributed by atoms with van der Waals surface area (Å²) >= 11 is 0. The predicted molar refractivity (Wildman–Crippen MR) is 119 cm³/mol. The van der Waals surface area contributed by atoms with Gasteiger partial charge in [-0.3, -0.25) is 4.79 Å². The molecule has 4 aliphatic carbocycles. The van der Waals surface area contributed by atoms with Crippen LogP contribution in [-0.4, -0.2) is 40.8 Å². The van der Waals surface area contributed by atoms with Crippen molar-refractivity contribution in [3.63, 3.8) is 0 Å². The molecule has 33 heavy (non-hydrogen) atoms. The molecular weight excluding hydrogens is 429 g/mol. The van der Waals surface area contributed by atoms with Crippen LogP contribution in [0.4, 0.5) is 0 Å². The summed E-state index contributed by atoms with van der Waals surface area (Å²) < 4.78 is 0. The fraction of sp³-hybridized carbons (Fsp3) is 0.923. The number of fused-ring (bicyclic) bond motifs is 5. The van der Waals surface area contributed by atoms with Crippen molar-refractivity contribution in [2.75, 3.05) is 6.54 Å². The van der Waals surface area contributed by atoms with Crippen LogP contribution in [0.2, 0.25) is 0 Å². The Balaban J connectivity index is 0.00000306. The number of hydrogen-bond acceptors (Lipinski definition) is 5. The minimum Gasteiger partial charge on any atom is -0.548 e. The number of aliphatic hydroxyl groups excluding tert-OH is 2. The molecule has 0 aliphatic heterocycles. The second-order valence-corrected chi connectivity index (χ2v) is 12.1. The van der Waals surface area contributed by atoms with Crippen LogP contribution in [0.25, 0.3) is 0 Å². The van der Waals surface area contributed by atoms with Crippen molar-refractivity contribution in [3.8, 4) is 0 Å². The Bertz CT molecular complexity index is 733. The predicted octanol–water partition coefficient (Wildman–Crippen LogP) is -0.737. The standard InChI is InChI=1S/C26H43NO5.Na/c1-15(4-9-23(30)27-14-24(31)32)19-7-8-20-18-6-5-16-12-17(28)10-11-25(16,2)21(18)13-22(29)26(19,20)3;/h15-22,28-29H,4-14H2,1-3H3,(H,27,30)(H,31,32);/q;+1/p-1/t15-,16-,17-,18?,19-,20?,21?,22+,25?,26?;/m1./s1. The molecule has 0 spiro atoms. The molecular formula is C26H42NNaO5. The molecule has 182 valence electrons. The monoisotopic (exact) mass is 471 g/mol. The van der Waals surface area contributed by atoms with Crippen molar-refractivity contribution in [3.05, 3.63) is 0 Å². The average Bonchev–Trinajstić information content (AvgIpc) is 3.10. The molecule has 0 aromatic carbocycles. The van der Waals surface area contributed by atoms with Crippen molar-refractivity contribution >= 4 is 11.9 Å². The molecule has 6 nitrogen and oxygen atoms in total. The first-order chi connectivity index (χ1) is 15.1. The SMILES string of the molecule is C[C@H](CCC(=O)NCC(=O)[O-])[C@H]1CCC2C3CC[C@@H]4C[C@H](O)CCC4(C)C3C[C@H](O)C21C.[Na+]. The van der Waals surface area contributed by atoms with Gasteiger partial charge >= 0.3 is 29.6 Å². The van der Waals surface area contributed by atoms with E-state index < -0.39 is 12.5 Å². The molecule has 4 rings (SSSR count). The summed E-state index contributed by atoms with van der Waals surface area (Å²) in [5, 5.41) is 34.8. The van der Waals surface area contributed by atoms with E-state index in [1.807, 2.05) is 0 Å². The van der Waals surface area contributed by atoms with E-state index in [-0.39, 0.29) is 58.5 Å². The smallest absolute Gasteiger partial charge is 0.548 e. The van der Waals surface area contributed by atoms with E-state index in [1.54, 1.807) is 0 Å². The Morgan fingerprint density at radius 2 is 1.79 bits per heavy atom. The van der Waals surface area contributed by atoms with Gasteiger partial charge in [-0.2, -0.15) is 0 Å². The molecule has 0 bridgehead atoms. The number of rotatable bonds is 6. The van der Waals surface area contributed by atoms with Gasteiger partial charge in [0.05, 0.1) is 24.7 Å². The molecule has 4 fully saturated rings. The first kappa shape index (κ1) is 27.4. The van der Waals surface area contributed by atoms with Crippen LogP contribution in [0.15, 0.2) is 0 Å². The summed E-state index contributed by atoms with van der Waals surface area (Å²) in [6.45, 7) is 6.51. The molecule has 5 unspecified atom stereocenters. The van der Waals surface area contributed by atoms with Gasteiger partial charge in [-0.25, -0.2) is 0 Å². The molecule has 0 radical (unpaired) electrons. The van der Waals surface area contributed by atoms with E-state index in [1.165, 1.54) is 12.8 Å². The van der Waals surface area contributed by atoms with E-state index in [4.69, 9.17) is 0 Å². The van der Waals surface area contributed by atoms with Crippen molar-refractivity contribution in [2.24, 2.45) is 46.3 Å². The largest absolute Gasteiger partial charge is 1.00 e. The maximum Gasteiger partial charge on any atom is 1.00 e.